The number of carbonyl (C=O) groups is 2. The van der Waals surface area contributed by atoms with E-state index in [0.29, 0.717) is 13.0 Å². The summed E-state index contributed by atoms with van der Waals surface area (Å²) in [6.07, 6.45) is 2.73. The molecule has 0 saturated heterocycles. The van der Waals surface area contributed by atoms with Gasteiger partial charge in [0, 0.05) is 23.6 Å². The molecule has 2 aromatic carbocycles. The van der Waals surface area contributed by atoms with Gasteiger partial charge in [0.1, 0.15) is 5.75 Å². The Morgan fingerprint density at radius 1 is 0.963 bits per heavy atom. The van der Waals surface area contributed by atoms with Gasteiger partial charge in [0.25, 0.3) is 0 Å². The van der Waals surface area contributed by atoms with Crippen LogP contribution in [-0.4, -0.2) is 37.0 Å². The number of ether oxygens (including phenoxy) is 1. The van der Waals surface area contributed by atoms with Gasteiger partial charge in [-0.1, -0.05) is 36.4 Å². The Morgan fingerprint density at radius 2 is 1.74 bits per heavy atom. The van der Waals surface area contributed by atoms with Crippen LogP contribution in [0.2, 0.25) is 0 Å². The summed E-state index contributed by atoms with van der Waals surface area (Å²) >= 11 is 0. The van der Waals surface area contributed by atoms with Gasteiger partial charge in [-0.2, -0.15) is 0 Å². The number of methoxy groups -OCH3 is 1. The van der Waals surface area contributed by atoms with E-state index in [0.717, 1.165) is 27.8 Å². The van der Waals surface area contributed by atoms with Gasteiger partial charge >= 0.3 is 0 Å². The van der Waals surface area contributed by atoms with Crippen LogP contribution in [0, 0.1) is 0 Å². The van der Waals surface area contributed by atoms with Gasteiger partial charge in [0.05, 0.1) is 20.1 Å². The van der Waals surface area contributed by atoms with Gasteiger partial charge in [0.15, 0.2) is 0 Å². The van der Waals surface area contributed by atoms with Crippen LogP contribution in [-0.2, 0) is 22.4 Å². The molecule has 3 N–H and O–H groups in total. The van der Waals surface area contributed by atoms with Gasteiger partial charge in [-0.05, 0) is 29.7 Å². The molecular formula is C21H23N3O3. The van der Waals surface area contributed by atoms with Crippen molar-refractivity contribution in [2.75, 3.05) is 20.2 Å². The number of aromatic nitrogens is 1. The zero-order valence-corrected chi connectivity index (χ0v) is 15.2. The van der Waals surface area contributed by atoms with E-state index in [1.807, 2.05) is 54.7 Å². The number of fused-ring (bicyclic) bond motifs is 1. The minimum Gasteiger partial charge on any atom is -0.496 e. The molecular weight excluding hydrogens is 342 g/mol. The molecule has 0 radical (unpaired) electrons. The molecule has 0 spiro atoms. The fourth-order valence-electron chi connectivity index (χ4n) is 3.00. The molecule has 1 heterocycles. The Kier molecular flexibility index (Phi) is 6.10. The van der Waals surface area contributed by atoms with E-state index < -0.39 is 0 Å². The molecule has 3 rings (SSSR count). The van der Waals surface area contributed by atoms with Crippen LogP contribution < -0.4 is 15.4 Å². The summed E-state index contributed by atoms with van der Waals surface area (Å²) in [4.78, 5) is 27.2. The van der Waals surface area contributed by atoms with Crippen LogP contribution in [0.5, 0.6) is 5.75 Å². The number of nitrogens with one attached hydrogen (secondary N) is 3. The largest absolute Gasteiger partial charge is 0.496 e. The monoisotopic (exact) mass is 365 g/mol. The highest BCUT2D eigenvalue weighted by Crippen LogP contribution is 2.18. The maximum Gasteiger partial charge on any atom is 0.239 e. The summed E-state index contributed by atoms with van der Waals surface area (Å²) in [7, 11) is 1.63. The number of amides is 2. The van der Waals surface area contributed by atoms with E-state index in [4.69, 9.17) is 4.74 Å². The Hall–Kier alpha value is -3.28. The molecule has 0 aliphatic carbocycles. The third kappa shape index (κ3) is 4.88. The standard InChI is InChI=1S/C21H23N3O3/c1-27-19-9-5-2-6-15(19)10-11-22-21(26)14-24-20(25)12-16-13-23-18-8-4-3-7-17(16)18/h2-9,13,23H,10-12,14H2,1H3,(H,22,26)(H,24,25). The molecule has 6 heteroatoms. The first kappa shape index (κ1) is 18.5. The summed E-state index contributed by atoms with van der Waals surface area (Å²) < 4.78 is 5.29. The van der Waals surface area contributed by atoms with Crippen molar-refractivity contribution in [1.29, 1.82) is 0 Å². The molecule has 2 amide bonds. The van der Waals surface area contributed by atoms with Gasteiger partial charge in [-0.15, -0.1) is 0 Å². The quantitative estimate of drug-likeness (QED) is 0.572. The van der Waals surface area contributed by atoms with Crippen LogP contribution in [0.15, 0.2) is 54.7 Å². The molecule has 0 bridgehead atoms. The van der Waals surface area contributed by atoms with E-state index in [2.05, 4.69) is 15.6 Å². The van der Waals surface area contributed by atoms with Crippen LogP contribution in [0.1, 0.15) is 11.1 Å². The van der Waals surface area contributed by atoms with Crippen molar-refractivity contribution in [1.82, 2.24) is 15.6 Å². The topological polar surface area (TPSA) is 83.2 Å². The zero-order valence-electron chi connectivity index (χ0n) is 15.2. The third-order valence-electron chi connectivity index (χ3n) is 4.38. The van der Waals surface area contributed by atoms with E-state index in [9.17, 15) is 9.59 Å². The lowest BCUT2D eigenvalue weighted by atomic mass is 10.1. The van der Waals surface area contributed by atoms with Gasteiger partial charge in [0.2, 0.25) is 11.8 Å². The molecule has 0 saturated carbocycles. The molecule has 6 nitrogen and oxygen atoms in total. The second kappa shape index (κ2) is 8.89. The molecule has 0 fully saturated rings. The number of carbonyl (C=O) groups excluding carboxylic acids is 2. The Morgan fingerprint density at radius 3 is 2.59 bits per heavy atom. The van der Waals surface area contributed by atoms with E-state index in [-0.39, 0.29) is 24.8 Å². The van der Waals surface area contributed by atoms with E-state index in [1.54, 1.807) is 7.11 Å². The van der Waals surface area contributed by atoms with Crippen LogP contribution >= 0.6 is 0 Å². The number of benzene rings is 2. The van der Waals surface area contributed by atoms with E-state index >= 15 is 0 Å². The summed E-state index contributed by atoms with van der Waals surface area (Å²) in [5, 5.41) is 6.50. The first-order valence-electron chi connectivity index (χ1n) is 8.87. The number of rotatable bonds is 8. The molecule has 0 aliphatic rings. The summed E-state index contributed by atoms with van der Waals surface area (Å²) in [6.45, 7) is 0.449. The predicted octanol–water partition coefficient (Wildman–Crippen LogP) is 2.19. The van der Waals surface area contributed by atoms with Gasteiger partial charge in [-0.25, -0.2) is 0 Å². The lowest BCUT2D eigenvalue weighted by molar-refractivity contribution is -0.125. The van der Waals surface area contributed by atoms with E-state index in [1.165, 1.54) is 0 Å². The summed E-state index contributed by atoms with van der Waals surface area (Å²) in [5.41, 5.74) is 2.94. The lowest BCUT2D eigenvalue weighted by Crippen LogP contribution is -2.38. The minimum atomic E-state index is -0.211. The highest BCUT2D eigenvalue weighted by Gasteiger charge is 2.10. The summed E-state index contributed by atoms with van der Waals surface area (Å²) in [6, 6.07) is 15.5. The normalized spacial score (nSPS) is 10.6. The van der Waals surface area contributed by atoms with Crippen molar-refractivity contribution >= 4 is 22.7 Å². The average Bonchev–Trinajstić information content (AvgIpc) is 3.10. The maximum atomic E-state index is 12.1. The minimum absolute atomic E-state index is 0.0346. The van der Waals surface area contributed by atoms with Crippen LogP contribution in [0.4, 0.5) is 0 Å². The van der Waals surface area contributed by atoms with Crippen LogP contribution in [0.3, 0.4) is 0 Å². The first-order valence-corrected chi connectivity index (χ1v) is 8.87. The van der Waals surface area contributed by atoms with Crippen molar-refractivity contribution < 1.29 is 14.3 Å². The van der Waals surface area contributed by atoms with Gasteiger partial charge in [-0.3, -0.25) is 9.59 Å². The molecule has 0 unspecified atom stereocenters. The molecule has 0 atom stereocenters. The second-order valence-electron chi connectivity index (χ2n) is 6.22. The number of para-hydroxylation sites is 2. The average molecular weight is 365 g/mol. The first-order chi connectivity index (χ1) is 13.2. The Balaban J connectivity index is 1.41. The van der Waals surface area contributed by atoms with Crippen LogP contribution in [0.25, 0.3) is 10.9 Å². The molecule has 140 valence electrons. The second-order valence-corrected chi connectivity index (χ2v) is 6.22. The van der Waals surface area contributed by atoms with Crippen molar-refractivity contribution in [2.24, 2.45) is 0 Å². The predicted molar refractivity (Wildman–Crippen MR) is 105 cm³/mol. The maximum absolute atomic E-state index is 12.1. The SMILES string of the molecule is COc1ccccc1CCNC(=O)CNC(=O)Cc1c[nH]c2ccccc12. The fraction of sp³-hybridized carbons (Fsp3) is 0.238. The Bertz CT molecular complexity index is 933. The van der Waals surface area contributed by atoms with Gasteiger partial charge < -0.3 is 20.4 Å². The number of aromatic amines is 1. The number of hydrogen-bond donors (Lipinski definition) is 3. The fourth-order valence-corrected chi connectivity index (χ4v) is 3.00. The summed E-state index contributed by atoms with van der Waals surface area (Å²) in [5.74, 6) is 0.413. The number of H-pyrrole nitrogens is 1. The molecule has 27 heavy (non-hydrogen) atoms. The highest BCUT2D eigenvalue weighted by atomic mass is 16.5. The zero-order chi connectivity index (χ0) is 19.1. The van der Waals surface area contributed by atoms with Crippen molar-refractivity contribution in [3.63, 3.8) is 0 Å². The highest BCUT2D eigenvalue weighted by molar-refractivity contribution is 5.90. The molecule has 0 aliphatic heterocycles. The lowest BCUT2D eigenvalue weighted by Gasteiger charge is -2.09. The third-order valence-corrected chi connectivity index (χ3v) is 4.38. The Labute approximate surface area is 157 Å². The molecule has 1 aromatic heterocycles. The smallest absolute Gasteiger partial charge is 0.239 e. The van der Waals surface area contributed by atoms with Crippen molar-refractivity contribution in [2.45, 2.75) is 12.8 Å². The van der Waals surface area contributed by atoms with Crippen molar-refractivity contribution in [3.8, 4) is 5.75 Å². The molecule has 3 aromatic rings. The number of hydrogen-bond acceptors (Lipinski definition) is 3. The van der Waals surface area contributed by atoms with Crippen molar-refractivity contribution in [3.05, 3.63) is 65.9 Å².